The molecule has 0 radical (unpaired) electrons. The van der Waals surface area contributed by atoms with Crippen molar-refractivity contribution in [2.75, 3.05) is 13.2 Å². The van der Waals surface area contributed by atoms with Crippen LogP contribution < -0.4 is 5.32 Å². The second kappa shape index (κ2) is 6.43. The molecule has 3 N–H and O–H groups in total. The quantitative estimate of drug-likeness (QED) is 0.709. The van der Waals surface area contributed by atoms with Crippen molar-refractivity contribution < 1.29 is 19.7 Å². The molecule has 0 bridgehead atoms. The molecule has 1 saturated carbocycles. The first-order valence-corrected chi connectivity index (χ1v) is 6.58. The van der Waals surface area contributed by atoms with Gasteiger partial charge in [-0.05, 0) is 25.0 Å². The summed E-state index contributed by atoms with van der Waals surface area (Å²) in [5.74, 6) is -0.596. The van der Waals surface area contributed by atoms with E-state index >= 15 is 0 Å². The van der Waals surface area contributed by atoms with Gasteiger partial charge in [0.2, 0.25) is 0 Å². The average Bonchev–Trinajstić information content (AvgIpc) is 2.86. The van der Waals surface area contributed by atoms with Gasteiger partial charge in [0.1, 0.15) is 11.5 Å². The fourth-order valence-electron chi connectivity index (χ4n) is 2.27. The number of phenolic OH excluding ortho intramolecular Hbond substituents is 2. The highest BCUT2D eigenvalue weighted by atomic mass is 16.5. The Kier molecular flexibility index (Phi) is 4.63. The van der Waals surface area contributed by atoms with E-state index in [1.807, 2.05) is 0 Å². The summed E-state index contributed by atoms with van der Waals surface area (Å²) in [4.78, 5) is 11.8. The van der Waals surface area contributed by atoms with Crippen LogP contribution in [0, 0.1) is 0 Å². The van der Waals surface area contributed by atoms with E-state index < -0.39 is 0 Å². The van der Waals surface area contributed by atoms with Gasteiger partial charge in [-0.1, -0.05) is 12.8 Å². The van der Waals surface area contributed by atoms with Crippen molar-refractivity contribution in [2.24, 2.45) is 0 Å². The smallest absolute Gasteiger partial charge is 0.251 e. The number of hydrogen-bond donors (Lipinski definition) is 3. The van der Waals surface area contributed by atoms with Crippen molar-refractivity contribution in [2.45, 2.75) is 31.8 Å². The number of carbonyl (C=O) groups is 1. The second-order valence-electron chi connectivity index (χ2n) is 4.77. The van der Waals surface area contributed by atoms with Crippen LogP contribution in [0.1, 0.15) is 36.0 Å². The summed E-state index contributed by atoms with van der Waals surface area (Å²) >= 11 is 0. The fourth-order valence-corrected chi connectivity index (χ4v) is 2.27. The highest BCUT2D eigenvalue weighted by Gasteiger charge is 2.15. The molecule has 1 aromatic rings. The molecule has 1 fully saturated rings. The lowest BCUT2D eigenvalue weighted by Gasteiger charge is -2.11. The standard InChI is InChI=1S/C14H19NO4/c16-11-7-10(8-12(17)9-11)14(18)15-5-6-19-13-3-1-2-4-13/h7-9,13,16-17H,1-6H2,(H,15,18). The zero-order chi connectivity index (χ0) is 13.7. The fraction of sp³-hybridized carbons (Fsp3) is 0.500. The first kappa shape index (κ1) is 13.7. The van der Waals surface area contributed by atoms with Gasteiger partial charge < -0.3 is 20.3 Å². The van der Waals surface area contributed by atoms with Crippen molar-refractivity contribution in [3.63, 3.8) is 0 Å². The third-order valence-electron chi connectivity index (χ3n) is 3.21. The zero-order valence-electron chi connectivity index (χ0n) is 10.8. The maximum Gasteiger partial charge on any atom is 0.251 e. The summed E-state index contributed by atoms with van der Waals surface area (Å²) in [6.45, 7) is 0.910. The lowest BCUT2D eigenvalue weighted by Crippen LogP contribution is -2.28. The van der Waals surface area contributed by atoms with Crippen molar-refractivity contribution in [1.29, 1.82) is 0 Å². The van der Waals surface area contributed by atoms with Gasteiger partial charge in [-0.15, -0.1) is 0 Å². The summed E-state index contributed by atoms with van der Waals surface area (Å²) < 4.78 is 5.62. The first-order valence-electron chi connectivity index (χ1n) is 6.58. The van der Waals surface area contributed by atoms with E-state index in [4.69, 9.17) is 4.74 Å². The number of rotatable bonds is 5. The molecule has 5 nitrogen and oxygen atoms in total. The molecular weight excluding hydrogens is 246 g/mol. The predicted octanol–water partition coefficient (Wildman–Crippen LogP) is 1.79. The van der Waals surface area contributed by atoms with Crippen molar-refractivity contribution in [1.82, 2.24) is 5.32 Å². The number of aromatic hydroxyl groups is 2. The lowest BCUT2D eigenvalue weighted by molar-refractivity contribution is 0.0582. The molecule has 0 atom stereocenters. The predicted molar refractivity (Wildman–Crippen MR) is 70.3 cm³/mol. The number of carbonyl (C=O) groups excluding carboxylic acids is 1. The number of ether oxygens (including phenoxy) is 1. The summed E-state index contributed by atoms with van der Waals surface area (Å²) in [6, 6.07) is 3.81. The minimum Gasteiger partial charge on any atom is -0.508 e. The molecule has 5 heteroatoms. The topological polar surface area (TPSA) is 78.8 Å². The molecule has 1 amide bonds. The molecule has 0 saturated heterocycles. The maximum atomic E-state index is 11.8. The van der Waals surface area contributed by atoms with Gasteiger partial charge in [0, 0.05) is 18.2 Å². The largest absolute Gasteiger partial charge is 0.508 e. The number of phenols is 2. The Hall–Kier alpha value is -1.75. The van der Waals surface area contributed by atoms with Crippen LogP contribution in [0.3, 0.4) is 0 Å². The van der Waals surface area contributed by atoms with E-state index in [1.54, 1.807) is 0 Å². The molecule has 0 heterocycles. The van der Waals surface area contributed by atoms with Crippen LogP contribution in [-0.4, -0.2) is 35.4 Å². The van der Waals surface area contributed by atoms with E-state index in [9.17, 15) is 15.0 Å². The molecule has 1 aromatic carbocycles. The Morgan fingerprint density at radius 3 is 2.47 bits per heavy atom. The van der Waals surface area contributed by atoms with Crippen LogP contribution in [0.2, 0.25) is 0 Å². The molecule has 0 spiro atoms. The van der Waals surface area contributed by atoms with Gasteiger partial charge in [0.05, 0.1) is 12.7 Å². The summed E-state index contributed by atoms with van der Waals surface area (Å²) in [5.41, 5.74) is 0.235. The molecule has 1 aliphatic carbocycles. The Bertz CT molecular complexity index is 421. The van der Waals surface area contributed by atoms with Crippen LogP contribution in [0.4, 0.5) is 0 Å². The molecular formula is C14H19NO4. The first-order chi connectivity index (χ1) is 9.15. The summed E-state index contributed by atoms with van der Waals surface area (Å²) in [5, 5.41) is 21.3. The van der Waals surface area contributed by atoms with Crippen LogP contribution in [-0.2, 0) is 4.74 Å². The molecule has 1 aliphatic rings. The normalized spacial score (nSPS) is 15.6. The van der Waals surface area contributed by atoms with Crippen molar-refractivity contribution in [3.8, 4) is 11.5 Å². The van der Waals surface area contributed by atoms with E-state index in [0.29, 0.717) is 19.3 Å². The third-order valence-corrected chi connectivity index (χ3v) is 3.21. The van der Waals surface area contributed by atoms with Crippen molar-refractivity contribution in [3.05, 3.63) is 23.8 Å². The van der Waals surface area contributed by atoms with Crippen LogP contribution >= 0.6 is 0 Å². The van der Waals surface area contributed by atoms with Crippen LogP contribution in [0.25, 0.3) is 0 Å². The Balaban J connectivity index is 1.74. The average molecular weight is 265 g/mol. The van der Waals surface area contributed by atoms with E-state index in [1.165, 1.54) is 31.0 Å². The molecule has 0 aromatic heterocycles. The minimum absolute atomic E-state index is 0.132. The van der Waals surface area contributed by atoms with E-state index in [0.717, 1.165) is 12.8 Å². The number of hydrogen-bond acceptors (Lipinski definition) is 4. The van der Waals surface area contributed by atoms with Gasteiger partial charge >= 0.3 is 0 Å². The number of benzene rings is 1. The highest BCUT2D eigenvalue weighted by Crippen LogP contribution is 2.21. The monoisotopic (exact) mass is 265 g/mol. The highest BCUT2D eigenvalue weighted by molar-refractivity contribution is 5.95. The third kappa shape index (κ3) is 4.13. The molecule has 0 aliphatic heterocycles. The number of nitrogens with one attached hydrogen (secondary N) is 1. The Morgan fingerprint density at radius 1 is 1.21 bits per heavy atom. The lowest BCUT2D eigenvalue weighted by atomic mass is 10.2. The minimum atomic E-state index is -0.332. The van der Waals surface area contributed by atoms with Gasteiger partial charge in [-0.3, -0.25) is 4.79 Å². The van der Waals surface area contributed by atoms with E-state index in [2.05, 4.69) is 5.32 Å². The molecule has 19 heavy (non-hydrogen) atoms. The van der Waals surface area contributed by atoms with Crippen LogP contribution in [0.15, 0.2) is 18.2 Å². The molecule has 104 valence electrons. The van der Waals surface area contributed by atoms with E-state index in [-0.39, 0.29) is 23.0 Å². The Morgan fingerprint density at radius 2 is 1.84 bits per heavy atom. The van der Waals surface area contributed by atoms with Gasteiger partial charge in [0.25, 0.3) is 5.91 Å². The summed E-state index contributed by atoms with van der Waals surface area (Å²) in [7, 11) is 0. The zero-order valence-corrected chi connectivity index (χ0v) is 10.8. The maximum absolute atomic E-state index is 11.8. The second-order valence-corrected chi connectivity index (χ2v) is 4.77. The van der Waals surface area contributed by atoms with Gasteiger partial charge in [-0.25, -0.2) is 0 Å². The summed E-state index contributed by atoms with van der Waals surface area (Å²) in [6.07, 6.45) is 4.99. The SMILES string of the molecule is O=C(NCCOC1CCCC1)c1cc(O)cc(O)c1. The Labute approximate surface area is 112 Å². The molecule has 0 unspecified atom stereocenters. The van der Waals surface area contributed by atoms with Gasteiger partial charge in [-0.2, -0.15) is 0 Å². The van der Waals surface area contributed by atoms with Crippen LogP contribution in [0.5, 0.6) is 11.5 Å². The molecule has 2 rings (SSSR count). The van der Waals surface area contributed by atoms with Gasteiger partial charge in [0.15, 0.2) is 0 Å². The van der Waals surface area contributed by atoms with Crippen molar-refractivity contribution >= 4 is 5.91 Å². The number of amides is 1.